The number of aliphatic hydroxyl groups excluding tert-OH is 1. The first-order valence-corrected chi connectivity index (χ1v) is 13.7. The fraction of sp³-hybridized carbons (Fsp3) is 0.435. The van der Waals surface area contributed by atoms with Crippen LogP contribution in [0.4, 0.5) is 4.79 Å². The van der Waals surface area contributed by atoms with Crippen molar-refractivity contribution >= 4 is 72.7 Å². The molecule has 3 N–H and O–H groups in total. The van der Waals surface area contributed by atoms with Crippen LogP contribution in [0.3, 0.4) is 0 Å². The Morgan fingerprint density at radius 1 is 1.33 bits per heavy atom. The molecule has 3 unspecified atom stereocenters. The van der Waals surface area contributed by atoms with Crippen molar-refractivity contribution in [2.24, 2.45) is 5.41 Å². The molecule has 1 radical (unpaired) electrons. The molecule has 2 aromatic rings. The minimum Gasteiger partial charge on any atom is -0.490 e. The molecule has 1 saturated heterocycles. The molecule has 1 aliphatic heterocycles. The monoisotopic (exact) mass is 912 g/mol. The van der Waals surface area contributed by atoms with E-state index in [2.05, 4.69) is 15.6 Å². The van der Waals surface area contributed by atoms with Gasteiger partial charge in [0.2, 0.25) is 11.8 Å². The molecule has 2 heterocycles. The van der Waals surface area contributed by atoms with E-state index in [1.54, 1.807) is 51.1 Å². The molecule has 3 atom stereocenters. The molecule has 1 fully saturated rings. The van der Waals surface area contributed by atoms with Crippen LogP contribution >= 0.6 is 56.9 Å². The third-order valence-corrected chi connectivity index (χ3v) is 7.47. The molecule has 0 saturated carbocycles. The number of carbonyl (C=O) groups excluding carboxylic acids is 3. The molecule has 13 heteroatoms. The molecule has 36 heavy (non-hydrogen) atoms. The van der Waals surface area contributed by atoms with Gasteiger partial charge in [-0.1, -0.05) is 33.4 Å². The molecule has 9 nitrogen and oxygen atoms in total. The first-order chi connectivity index (χ1) is 16.4. The summed E-state index contributed by atoms with van der Waals surface area (Å²) in [5, 5.41) is 15.7. The quantitative estimate of drug-likeness (QED) is 0.168. The Morgan fingerprint density at radius 2 is 2.03 bits per heavy atom. The van der Waals surface area contributed by atoms with E-state index in [-0.39, 0.29) is 37.3 Å². The van der Waals surface area contributed by atoms with Crippen LogP contribution in [0.25, 0.3) is 10.4 Å². The number of aliphatic hydroxyl groups is 1. The molecule has 1 aromatic heterocycles. The van der Waals surface area contributed by atoms with Gasteiger partial charge in [-0.05, 0) is 17.9 Å². The average molecular weight is 912 g/mol. The first kappa shape index (κ1) is 31.2. The molecular weight excluding hydrogens is 884 g/mol. The van der Waals surface area contributed by atoms with Gasteiger partial charge in [0.05, 0.1) is 22.2 Å². The summed E-state index contributed by atoms with van der Waals surface area (Å²) in [4.78, 5) is 44.8. The van der Waals surface area contributed by atoms with Crippen molar-refractivity contribution in [1.82, 2.24) is 20.5 Å². The summed E-state index contributed by atoms with van der Waals surface area (Å²) in [7, 11) is 0. The SMILES string of the molecule is Cc1ncsc1-c1ccc([CH-]NC(=O)C2CC(O)CN2C(=O)C(NC(=O)I)C(C)(C)C)c(OI)c1.[Re]. The molecule has 3 rings (SSSR count). The van der Waals surface area contributed by atoms with E-state index in [1.807, 2.05) is 45.9 Å². The Morgan fingerprint density at radius 3 is 2.58 bits per heavy atom. The Labute approximate surface area is 256 Å². The molecule has 1 aliphatic rings. The van der Waals surface area contributed by atoms with E-state index in [1.165, 1.54) is 22.8 Å². The molecule has 0 aliphatic carbocycles. The number of benzene rings is 1. The maximum atomic E-state index is 13.3. The molecule has 197 valence electrons. The number of amides is 3. The van der Waals surface area contributed by atoms with Crippen LogP contribution in [0.2, 0.25) is 0 Å². The Kier molecular flexibility index (Phi) is 11.4. The number of halogens is 2. The molecule has 0 spiro atoms. The number of nitrogens with one attached hydrogen (secondary N) is 2. The summed E-state index contributed by atoms with van der Waals surface area (Å²) in [6.07, 6.45) is -0.722. The summed E-state index contributed by atoms with van der Waals surface area (Å²) in [6, 6.07) is 3.93. The van der Waals surface area contributed by atoms with Gasteiger partial charge in [0.25, 0.3) is 3.91 Å². The van der Waals surface area contributed by atoms with Crippen LogP contribution < -0.4 is 13.7 Å². The number of aromatic nitrogens is 1. The zero-order chi connectivity index (χ0) is 25.9. The van der Waals surface area contributed by atoms with E-state index >= 15 is 0 Å². The largest absolute Gasteiger partial charge is 0.490 e. The van der Waals surface area contributed by atoms with Crippen molar-refractivity contribution < 1.29 is 43.0 Å². The zero-order valence-corrected chi connectivity index (χ0v) is 27.9. The number of hydrogen-bond donors (Lipinski definition) is 3. The van der Waals surface area contributed by atoms with Crippen LogP contribution in [-0.2, 0) is 30.0 Å². The number of carbonyl (C=O) groups is 3. The van der Waals surface area contributed by atoms with Gasteiger partial charge >= 0.3 is 0 Å². The van der Waals surface area contributed by atoms with Gasteiger partial charge in [-0.2, -0.15) is 6.07 Å². The molecule has 3 amide bonds. The van der Waals surface area contributed by atoms with Gasteiger partial charge in [0.15, 0.2) is 23.0 Å². The second-order valence-electron chi connectivity index (χ2n) is 9.36. The third-order valence-electron chi connectivity index (χ3n) is 5.71. The van der Waals surface area contributed by atoms with E-state index < -0.39 is 35.4 Å². The van der Waals surface area contributed by atoms with Gasteiger partial charge in [0, 0.05) is 61.7 Å². The van der Waals surface area contributed by atoms with Crippen molar-refractivity contribution in [2.75, 3.05) is 6.54 Å². The molecular formula is C23H27I2N4O5ReS-. The predicted octanol–water partition coefficient (Wildman–Crippen LogP) is 3.99. The van der Waals surface area contributed by atoms with Crippen LogP contribution in [-0.4, -0.2) is 55.5 Å². The van der Waals surface area contributed by atoms with Gasteiger partial charge in [-0.15, -0.1) is 23.0 Å². The van der Waals surface area contributed by atoms with Crippen LogP contribution in [0.1, 0.15) is 38.4 Å². The first-order valence-electron chi connectivity index (χ1n) is 10.8. The maximum absolute atomic E-state index is 13.3. The summed E-state index contributed by atoms with van der Waals surface area (Å²) in [5.74, 6) is -0.266. The second-order valence-corrected chi connectivity index (χ2v) is 11.6. The van der Waals surface area contributed by atoms with E-state index in [0.717, 1.165) is 16.1 Å². The number of β-amino-alcohol motifs (C(OH)–C–C–N with tert-alkyl or cyclic N) is 1. The van der Waals surface area contributed by atoms with Gasteiger partial charge in [0.1, 0.15) is 12.1 Å². The predicted molar refractivity (Wildman–Crippen MR) is 150 cm³/mol. The number of hydrogen-bond acceptors (Lipinski definition) is 7. The van der Waals surface area contributed by atoms with E-state index in [0.29, 0.717) is 11.3 Å². The van der Waals surface area contributed by atoms with Crippen LogP contribution in [0.15, 0.2) is 23.7 Å². The number of thiazole rings is 1. The standard InChI is InChI=1S/C23H27I2N4O5S.Re/c1-12-18(35-11-27-12)13-5-6-14(17(7-13)34-25)9-26-20(31)16-8-15(30)10-29(16)21(32)19(23(2,3)4)28-22(24)33;/h5-7,9,11,15-16,19,30H,8,10H2,1-4H3,(H,26,31)(H,28,33);/q-1;. The Hall–Kier alpha value is -0.988. The Balaban J connectivity index is 0.00000456. The van der Waals surface area contributed by atoms with E-state index in [9.17, 15) is 19.5 Å². The number of aryl methyl sites for hydroxylation is 1. The fourth-order valence-corrected chi connectivity index (χ4v) is 5.41. The second kappa shape index (κ2) is 13.2. The number of rotatable bonds is 7. The smallest absolute Gasteiger partial charge is 0.281 e. The van der Waals surface area contributed by atoms with Crippen molar-refractivity contribution in [3.63, 3.8) is 0 Å². The summed E-state index contributed by atoms with van der Waals surface area (Å²) in [6.45, 7) is 8.99. The van der Waals surface area contributed by atoms with Crippen LogP contribution in [0, 0.1) is 18.9 Å². The molecule has 0 bridgehead atoms. The van der Waals surface area contributed by atoms with E-state index in [4.69, 9.17) is 3.07 Å². The average Bonchev–Trinajstić information content (AvgIpc) is 3.39. The van der Waals surface area contributed by atoms with Crippen molar-refractivity contribution in [2.45, 2.75) is 52.3 Å². The third kappa shape index (κ3) is 7.53. The van der Waals surface area contributed by atoms with Crippen LogP contribution in [0.5, 0.6) is 5.75 Å². The number of likely N-dealkylation sites (tertiary alicyclic amines) is 1. The zero-order valence-electron chi connectivity index (χ0n) is 20.0. The molecule has 1 aromatic carbocycles. The summed E-state index contributed by atoms with van der Waals surface area (Å²) in [5.41, 5.74) is 3.75. The maximum Gasteiger partial charge on any atom is 0.281 e. The van der Waals surface area contributed by atoms with Crippen molar-refractivity contribution in [1.29, 1.82) is 0 Å². The van der Waals surface area contributed by atoms with Gasteiger partial charge in [-0.3, -0.25) is 14.4 Å². The summed E-state index contributed by atoms with van der Waals surface area (Å²) < 4.78 is 5.12. The van der Waals surface area contributed by atoms with Gasteiger partial charge < -0.3 is 23.7 Å². The number of nitrogens with zero attached hydrogens (tertiary/aromatic N) is 2. The fourth-order valence-electron chi connectivity index (χ4n) is 3.92. The van der Waals surface area contributed by atoms with Crippen molar-refractivity contribution in [3.8, 4) is 16.2 Å². The van der Waals surface area contributed by atoms with Crippen molar-refractivity contribution in [3.05, 3.63) is 41.5 Å². The van der Waals surface area contributed by atoms with Gasteiger partial charge in [-0.25, -0.2) is 4.98 Å². The normalized spacial score (nSPS) is 18.1. The summed E-state index contributed by atoms with van der Waals surface area (Å²) >= 11 is 4.91. The minimum absolute atomic E-state index is 0. The topological polar surface area (TPSA) is 121 Å². The Bertz CT molecular complexity index is 1110. The minimum atomic E-state index is -0.868.